The van der Waals surface area contributed by atoms with E-state index in [0.717, 1.165) is 11.5 Å². The smallest absolute Gasteiger partial charge is 0.330 e. The molecule has 0 saturated heterocycles. The highest BCUT2D eigenvalue weighted by molar-refractivity contribution is 7.99. The molecule has 0 atom stereocenters. The molecule has 0 aromatic heterocycles. The Morgan fingerprint density at radius 3 is 3.00 bits per heavy atom. The maximum absolute atomic E-state index is 11.3. The van der Waals surface area contributed by atoms with Gasteiger partial charge in [-0.3, -0.25) is 10.1 Å². The number of carbonyl (C=O) groups excluding carboxylic acids is 1. The van der Waals surface area contributed by atoms with Crippen molar-refractivity contribution in [3.05, 3.63) is 46.0 Å². The molecular formula is C13H15NO4S. The lowest BCUT2D eigenvalue weighted by Crippen LogP contribution is -2.04. The molecule has 0 amide bonds. The number of nitrogens with zero attached hydrogens (tertiary/aromatic N) is 1. The van der Waals surface area contributed by atoms with E-state index in [1.165, 1.54) is 24.3 Å². The van der Waals surface area contributed by atoms with Gasteiger partial charge in [-0.2, -0.15) is 11.8 Å². The second kappa shape index (κ2) is 8.31. The number of hydrogen-bond donors (Lipinski definition) is 0. The van der Waals surface area contributed by atoms with Crippen molar-refractivity contribution in [3.8, 4) is 0 Å². The summed E-state index contributed by atoms with van der Waals surface area (Å²) in [5.74, 6) is 1.32. The summed E-state index contributed by atoms with van der Waals surface area (Å²) < 4.78 is 4.96. The lowest BCUT2D eigenvalue weighted by Gasteiger charge is -2.00. The third kappa shape index (κ3) is 6.05. The Morgan fingerprint density at radius 1 is 1.53 bits per heavy atom. The molecule has 0 aliphatic carbocycles. The molecule has 0 spiro atoms. The molecule has 19 heavy (non-hydrogen) atoms. The van der Waals surface area contributed by atoms with E-state index in [4.69, 9.17) is 4.74 Å². The second-order valence-electron chi connectivity index (χ2n) is 3.55. The van der Waals surface area contributed by atoms with Crippen molar-refractivity contribution < 1.29 is 14.5 Å². The molecule has 1 aromatic rings. The molecular weight excluding hydrogens is 266 g/mol. The highest BCUT2D eigenvalue weighted by atomic mass is 32.2. The zero-order valence-corrected chi connectivity index (χ0v) is 11.4. The number of benzene rings is 1. The maximum Gasteiger partial charge on any atom is 0.330 e. The van der Waals surface area contributed by atoms with Crippen molar-refractivity contribution in [2.75, 3.05) is 18.1 Å². The quantitative estimate of drug-likeness (QED) is 0.253. The largest absolute Gasteiger partial charge is 0.462 e. The third-order valence-corrected chi connectivity index (χ3v) is 3.03. The van der Waals surface area contributed by atoms with Crippen LogP contribution in [-0.4, -0.2) is 29.0 Å². The summed E-state index contributed by atoms with van der Waals surface area (Å²) in [4.78, 5) is 21.5. The van der Waals surface area contributed by atoms with Crippen LogP contribution in [0.3, 0.4) is 0 Å². The van der Waals surface area contributed by atoms with Gasteiger partial charge >= 0.3 is 5.97 Å². The number of thioether (sulfide) groups is 1. The number of hydrogen-bond acceptors (Lipinski definition) is 5. The van der Waals surface area contributed by atoms with Gasteiger partial charge in [-0.05, 0) is 17.4 Å². The minimum atomic E-state index is -0.475. The van der Waals surface area contributed by atoms with Gasteiger partial charge in [0.15, 0.2) is 0 Å². The summed E-state index contributed by atoms with van der Waals surface area (Å²) in [7, 11) is 0. The van der Waals surface area contributed by atoms with E-state index in [1.54, 1.807) is 23.9 Å². The number of nitro groups is 1. The van der Waals surface area contributed by atoms with E-state index < -0.39 is 10.9 Å². The SMILES string of the molecule is CCSCCOC(=O)C=Cc1cccc([N+](=O)[O-])c1. The normalized spacial score (nSPS) is 10.6. The van der Waals surface area contributed by atoms with E-state index in [0.29, 0.717) is 12.2 Å². The van der Waals surface area contributed by atoms with Crippen molar-refractivity contribution in [3.63, 3.8) is 0 Å². The molecule has 0 fully saturated rings. The van der Waals surface area contributed by atoms with E-state index in [9.17, 15) is 14.9 Å². The topological polar surface area (TPSA) is 69.4 Å². The van der Waals surface area contributed by atoms with Crippen LogP contribution >= 0.6 is 11.8 Å². The lowest BCUT2D eigenvalue weighted by atomic mass is 10.2. The molecule has 0 unspecified atom stereocenters. The van der Waals surface area contributed by atoms with Gasteiger partial charge in [-0.25, -0.2) is 4.79 Å². The van der Waals surface area contributed by atoms with Gasteiger partial charge in [-0.15, -0.1) is 0 Å². The molecule has 0 bridgehead atoms. The highest BCUT2D eigenvalue weighted by Gasteiger charge is 2.04. The fourth-order valence-corrected chi connectivity index (χ4v) is 1.79. The van der Waals surface area contributed by atoms with Crippen LogP contribution in [0.25, 0.3) is 6.08 Å². The Balaban J connectivity index is 2.49. The molecule has 1 aromatic carbocycles. The first-order chi connectivity index (χ1) is 9.13. The Labute approximate surface area is 115 Å². The van der Waals surface area contributed by atoms with Crippen LogP contribution in [0.5, 0.6) is 0 Å². The van der Waals surface area contributed by atoms with Crippen LogP contribution in [0.15, 0.2) is 30.3 Å². The molecule has 0 aliphatic rings. The molecule has 0 radical (unpaired) electrons. The fourth-order valence-electron chi connectivity index (χ4n) is 1.30. The molecule has 0 aliphatic heterocycles. The van der Waals surface area contributed by atoms with Crippen molar-refractivity contribution in [1.29, 1.82) is 0 Å². The Bertz CT molecular complexity index is 473. The van der Waals surface area contributed by atoms with Gasteiger partial charge in [0.25, 0.3) is 5.69 Å². The molecule has 0 saturated carbocycles. The van der Waals surface area contributed by atoms with E-state index in [-0.39, 0.29) is 5.69 Å². The summed E-state index contributed by atoms with van der Waals surface area (Å²) >= 11 is 1.69. The molecule has 1 rings (SSSR count). The van der Waals surface area contributed by atoms with Crippen LogP contribution < -0.4 is 0 Å². The van der Waals surface area contributed by atoms with Crippen LogP contribution in [-0.2, 0) is 9.53 Å². The van der Waals surface area contributed by atoms with Gasteiger partial charge < -0.3 is 4.74 Å². The number of non-ortho nitro benzene ring substituents is 1. The van der Waals surface area contributed by atoms with Crippen LogP contribution in [0.2, 0.25) is 0 Å². The average molecular weight is 281 g/mol. The van der Waals surface area contributed by atoms with Gasteiger partial charge in [-0.1, -0.05) is 19.1 Å². The van der Waals surface area contributed by atoms with E-state index in [2.05, 4.69) is 0 Å². The van der Waals surface area contributed by atoms with Crippen molar-refractivity contribution in [2.45, 2.75) is 6.92 Å². The van der Waals surface area contributed by atoms with Gasteiger partial charge in [0.2, 0.25) is 0 Å². The number of rotatable bonds is 7. The zero-order valence-electron chi connectivity index (χ0n) is 10.6. The van der Waals surface area contributed by atoms with Crippen molar-refractivity contribution in [2.24, 2.45) is 0 Å². The molecule has 102 valence electrons. The van der Waals surface area contributed by atoms with Crippen LogP contribution in [0.1, 0.15) is 12.5 Å². The number of esters is 1. The fraction of sp³-hybridized carbons (Fsp3) is 0.308. The molecule has 5 nitrogen and oxygen atoms in total. The van der Waals surface area contributed by atoms with Gasteiger partial charge in [0.1, 0.15) is 6.61 Å². The lowest BCUT2D eigenvalue weighted by molar-refractivity contribution is -0.384. The van der Waals surface area contributed by atoms with E-state index >= 15 is 0 Å². The first-order valence-electron chi connectivity index (χ1n) is 5.80. The van der Waals surface area contributed by atoms with Crippen LogP contribution in [0.4, 0.5) is 5.69 Å². The summed E-state index contributed by atoms with van der Waals surface area (Å²) in [6, 6.07) is 6.05. The number of carbonyl (C=O) groups is 1. The van der Waals surface area contributed by atoms with Gasteiger partial charge in [0, 0.05) is 24.0 Å². The molecule has 6 heteroatoms. The highest BCUT2D eigenvalue weighted by Crippen LogP contribution is 2.14. The third-order valence-electron chi connectivity index (χ3n) is 2.17. The number of ether oxygens (including phenoxy) is 1. The monoisotopic (exact) mass is 281 g/mol. The van der Waals surface area contributed by atoms with Crippen molar-refractivity contribution >= 4 is 29.5 Å². The predicted molar refractivity (Wildman–Crippen MR) is 76.1 cm³/mol. The summed E-state index contributed by atoms with van der Waals surface area (Å²) in [6.45, 7) is 2.41. The zero-order chi connectivity index (χ0) is 14.1. The molecule has 0 N–H and O–H groups in total. The first-order valence-corrected chi connectivity index (χ1v) is 6.96. The minimum Gasteiger partial charge on any atom is -0.462 e. The second-order valence-corrected chi connectivity index (χ2v) is 4.94. The minimum absolute atomic E-state index is 0.00476. The number of nitro benzene ring substituents is 1. The van der Waals surface area contributed by atoms with Crippen molar-refractivity contribution in [1.82, 2.24) is 0 Å². The summed E-state index contributed by atoms with van der Waals surface area (Å²) in [6.07, 6.45) is 2.78. The maximum atomic E-state index is 11.3. The first kappa shape index (κ1) is 15.2. The summed E-state index contributed by atoms with van der Waals surface area (Å²) in [5, 5.41) is 10.6. The standard InChI is InChI=1S/C13H15NO4S/c1-2-19-9-8-18-13(15)7-6-11-4-3-5-12(10-11)14(16)17/h3-7,10H,2,8-9H2,1H3. The summed E-state index contributed by atoms with van der Waals surface area (Å²) in [5.41, 5.74) is 0.587. The average Bonchev–Trinajstić information content (AvgIpc) is 2.41. The van der Waals surface area contributed by atoms with Crippen LogP contribution in [0, 0.1) is 10.1 Å². The molecule has 0 heterocycles. The Kier molecular flexibility index (Phi) is 6.67. The Morgan fingerprint density at radius 2 is 2.32 bits per heavy atom. The van der Waals surface area contributed by atoms with E-state index in [1.807, 2.05) is 6.92 Å². The predicted octanol–water partition coefficient (Wildman–Crippen LogP) is 2.90. The Hall–Kier alpha value is -1.82. The van der Waals surface area contributed by atoms with Gasteiger partial charge in [0.05, 0.1) is 4.92 Å².